The van der Waals surface area contributed by atoms with Gasteiger partial charge in [0.05, 0.1) is 11.0 Å². The highest BCUT2D eigenvalue weighted by Gasteiger charge is 2.24. The van der Waals surface area contributed by atoms with Crippen LogP contribution < -0.4 is 11.5 Å². The minimum atomic E-state index is -0.234. The van der Waals surface area contributed by atoms with Crippen molar-refractivity contribution in [3.05, 3.63) is 0 Å². The molecule has 0 aromatic carbocycles. The fourth-order valence-corrected chi connectivity index (χ4v) is 2.52. The molecule has 1 atom stereocenters. The Hall–Kier alpha value is -0.720. The van der Waals surface area contributed by atoms with Crippen molar-refractivity contribution < 1.29 is 4.79 Å². The molecule has 1 aliphatic heterocycles. The number of hydrogen-bond donors (Lipinski definition) is 2. The molecule has 6 heteroatoms. The zero-order valence-corrected chi connectivity index (χ0v) is 11.2. The number of rotatable bonds is 6. The topological polar surface area (TPSA) is 75.6 Å². The molecular formula is C11H22N4OS. The zero-order chi connectivity index (χ0) is 12.8. The number of primary amides is 1. The van der Waals surface area contributed by atoms with E-state index in [0.29, 0.717) is 11.4 Å². The number of piperazine rings is 1. The number of amides is 1. The number of carbonyl (C=O) groups is 1. The Morgan fingerprint density at radius 1 is 1.29 bits per heavy atom. The Balaban J connectivity index is 2.34. The molecule has 0 aliphatic carbocycles. The molecule has 4 N–H and O–H groups in total. The van der Waals surface area contributed by atoms with Gasteiger partial charge in [0.1, 0.15) is 0 Å². The van der Waals surface area contributed by atoms with Crippen LogP contribution in [0.1, 0.15) is 19.8 Å². The zero-order valence-electron chi connectivity index (χ0n) is 10.4. The van der Waals surface area contributed by atoms with Crippen LogP contribution in [0.2, 0.25) is 0 Å². The predicted octanol–water partition coefficient (Wildman–Crippen LogP) is -0.456. The SMILES string of the molecule is CCC(C(N)=S)N1CCN(CCC(N)=O)CC1. The van der Waals surface area contributed by atoms with Crippen molar-refractivity contribution in [2.75, 3.05) is 32.7 Å². The normalized spacial score (nSPS) is 20.1. The largest absolute Gasteiger partial charge is 0.392 e. The van der Waals surface area contributed by atoms with E-state index < -0.39 is 0 Å². The van der Waals surface area contributed by atoms with Gasteiger partial charge < -0.3 is 16.4 Å². The Labute approximate surface area is 108 Å². The standard InChI is InChI=1S/C11H22N4OS/c1-2-9(11(13)17)15-7-5-14(6-8-15)4-3-10(12)16/h9H,2-8H2,1H3,(H2,12,16)(H2,13,17). The van der Waals surface area contributed by atoms with Gasteiger partial charge in [0, 0.05) is 39.1 Å². The van der Waals surface area contributed by atoms with E-state index in [0.717, 1.165) is 39.1 Å². The van der Waals surface area contributed by atoms with Gasteiger partial charge in [-0.05, 0) is 6.42 Å². The summed E-state index contributed by atoms with van der Waals surface area (Å²) in [5, 5.41) is 0. The summed E-state index contributed by atoms with van der Waals surface area (Å²) in [7, 11) is 0. The molecule has 1 unspecified atom stereocenters. The second-order valence-corrected chi connectivity index (χ2v) is 4.89. The maximum atomic E-state index is 10.7. The molecule has 1 fully saturated rings. The van der Waals surface area contributed by atoms with Gasteiger partial charge in [0.2, 0.25) is 5.91 Å². The third-order valence-electron chi connectivity index (χ3n) is 3.24. The third kappa shape index (κ3) is 4.57. The average Bonchev–Trinajstić information content (AvgIpc) is 2.28. The molecule has 0 aromatic heterocycles. The minimum Gasteiger partial charge on any atom is -0.392 e. The van der Waals surface area contributed by atoms with Gasteiger partial charge in [-0.1, -0.05) is 19.1 Å². The fraction of sp³-hybridized carbons (Fsp3) is 0.818. The molecule has 17 heavy (non-hydrogen) atoms. The molecule has 0 radical (unpaired) electrons. The van der Waals surface area contributed by atoms with E-state index in [1.165, 1.54) is 0 Å². The highest BCUT2D eigenvalue weighted by atomic mass is 32.1. The molecule has 0 saturated carbocycles. The Bertz CT molecular complexity index is 277. The van der Waals surface area contributed by atoms with E-state index >= 15 is 0 Å². The van der Waals surface area contributed by atoms with Crippen molar-refractivity contribution in [1.82, 2.24) is 9.80 Å². The molecule has 5 nitrogen and oxygen atoms in total. The Kier molecular flexibility index (Phi) is 5.80. The van der Waals surface area contributed by atoms with E-state index in [1.807, 2.05) is 0 Å². The molecule has 1 amide bonds. The lowest BCUT2D eigenvalue weighted by Crippen LogP contribution is -2.53. The van der Waals surface area contributed by atoms with Crippen molar-refractivity contribution >= 4 is 23.1 Å². The van der Waals surface area contributed by atoms with Gasteiger partial charge in [0.25, 0.3) is 0 Å². The van der Waals surface area contributed by atoms with Crippen molar-refractivity contribution in [3.63, 3.8) is 0 Å². The molecular weight excluding hydrogens is 236 g/mol. The Morgan fingerprint density at radius 2 is 1.88 bits per heavy atom. The van der Waals surface area contributed by atoms with Crippen LogP contribution in [-0.4, -0.2) is 59.5 Å². The van der Waals surface area contributed by atoms with Gasteiger partial charge in [-0.2, -0.15) is 0 Å². The van der Waals surface area contributed by atoms with E-state index in [9.17, 15) is 4.79 Å². The first kappa shape index (κ1) is 14.3. The number of hydrogen-bond acceptors (Lipinski definition) is 4. The summed E-state index contributed by atoms with van der Waals surface area (Å²) < 4.78 is 0. The van der Waals surface area contributed by atoms with Crippen LogP contribution in [0.25, 0.3) is 0 Å². The lowest BCUT2D eigenvalue weighted by Gasteiger charge is -2.38. The van der Waals surface area contributed by atoms with Crippen molar-refractivity contribution in [1.29, 1.82) is 0 Å². The molecule has 98 valence electrons. The first-order chi connectivity index (χ1) is 8.04. The molecule has 1 rings (SSSR count). The smallest absolute Gasteiger partial charge is 0.218 e. The summed E-state index contributed by atoms with van der Waals surface area (Å²) in [6.45, 7) is 6.67. The number of carbonyl (C=O) groups excluding carboxylic acids is 1. The minimum absolute atomic E-state index is 0.211. The number of thiocarbonyl (C=S) groups is 1. The van der Waals surface area contributed by atoms with Crippen LogP contribution in [0.4, 0.5) is 0 Å². The third-order valence-corrected chi connectivity index (χ3v) is 3.51. The summed E-state index contributed by atoms with van der Waals surface area (Å²) in [5.41, 5.74) is 10.9. The molecule has 1 saturated heterocycles. The van der Waals surface area contributed by atoms with E-state index in [4.69, 9.17) is 23.7 Å². The lowest BCUT2D eigenvalue weighted by atomic mass is 10.1. The van der Waals surface area contributed by atoms with E-state index in [-0.39, 0.29) is 11.9 Å². The monoisotopic (exact) mass is 258 g/mol. The number of nitrogens with two attached hydrogens (primary N) is 2. The summed E-state index contributed by atoms with van der Waals surface area (Å²) in [4.78, 5) is 15.9. The summed E-state index contributed by atoms with van der Waals surface area (Å²) in [6, 6.07) is 0.211. The molecule has 1 aliphatic rings. The predicted molar refractivity (Wildman–Crippen MR) is 72.7 cm³/mol. The molecule has 0 bridgehead atoms. The highest BCUT2D eigenvalue weighted by molar-refractivity contribution is 7.80. The quantitative estimate of drug-likeness (QED) is 0.631. The maximum Gasteiger partial charge on any atom is 0.218 e. The second-order valence-electron chi connectivity index (χ2n) is 4.42. The maximum absolute atomic E-state index is 10.7. The van der Waals surface area contributed by atoms with Gasteiger partial charge in [-0.25, -0.2) is 0 Å². The summed E-state index contributed by atoms with van der Waals surface area (Å²) >= 11 is 5.07. The fourth-order valence-electron chi connectivity index (χ4n) is 2.21. The van der Waals surface area contributed by atoms with Crippen molar-refractivity contribution in [2.24, 2.45) is 11.5 Å². The summed E-state index contributed by atoms with van der Waals surface area (Å²) in [5.74, 6) is -0.234. The van der Waals surface area contributed by atoms with Crippen molar-refractivity contribution in [3.8, 4) is 0 Å². The molecule has 1 heterocycles. The van der Waals surface area contributed by atoms with Gasteiger partial charge >= 0.3 is 0 Å². The van der Waals surface area contributed by atoms with Crippen LogP contribution in [0.15, 0.2) is 0 Å². The molecule has 0 spiro atoms. The lowest BCUT2D eigenvalue weighted by molar-refractivity contribution is -0.118. The van der Waals surface area contributed by atoms with Gasteiger partial charge in [-0.15, -0.1) is 0 Å². The van der Waals surface area contributed by atoms with Crippen LogP contribution in [0.5, 0.6) is 0 Å². The van der Waals surface area contributed by atoms with E-state index in [2.05, 4.69) is 16.7 Å². The molecule has 0 aromatic rings. The van der Waals surface area contributed by atoms with Crippen LogP contribution in [0.3, 0.4) is 0 Å². The highest BCUT2D eigenvalue weighted by Crippen LogP contribution is 2.10. The average molecular weight is 258 g/mol. The van der Waals surface area contributed by atoms with Crippen LogP contribution in [-0.2, 0) is 4.79 Å². The second kappa shape index (κ2) is 6.88. The number of nitrogens with zero attached hydrogens (tertiary/aromatic N) is 2. The van der Waals surface area contributed by atoms with Gasteiger partial charge in [0.15, 0.2) is 0 Å². The van der Waals surface area contributed by atoms with Crippen molar-refractivity contribution in [2.45, 2.75) is 25.8 Å². The van der Waals surface area contributed by atoms with E-state index in [1.54, 1.807) is 0 Å². The van der Waals surface area contributed by atoms with Crippen LogP contribution in [0, 0.1) is 0 Å². The Morgan fingerprint density at radius 3 is 2.29 bits per heavy atom. The van der Waals surface area contributed by atoms with Gasteiger partial charge in [-0.3, -0.25) is 9.69 Å². The van der Waals surface area contributed by atoms with Crippen LogP contribution >= 0.6 is 12.2 Å². The first-order valence-electron chi connectivity index (χ1n) is 6.08. The first-order valence-corrected chi connectivity index (χ1v) is 6.49. The summed E-state index contributed by atoms with van der Waals surface area (Å²) in [6.07, 6.45) is 1.39.